The number of rotatable bonds is 0. The second kappa shape index (κ2) is 5.18. The van der Waals surface area contributed by atoms with Gasteiger partial charge in [-0.1, -0.05) is 30.1 Å². The molecule has 3 rings (SSSR count). The summed E-state index contributed by atoms with van der Waals surface area (Å²) < 4.78 is 0. The summed E-state index contributed by atoms with van der Waals surface area (Å²) in [6, 6.07) is 0. The van der Waals surface area contributed by atoms with Gasteiger partial charge in [0.25, 0.3) is 0 Å². The Balaban J connectivity index is 2.18. The van der Waals surface area contributed by atoms with Crippen LogP contribution in [0.2, 0.25) is 0 Å². The molecule has 0 spiro atoms. The Morgan fingerprint density at radius 1 is 1.37 bits per heavy atom. The average Bonchev–Trinajstić information content (AvgIpc) is 2.59. The highest BCUT2D eigenvalue weighted by molar-refractivity contribution is 8.06. The third-order valence-electron chi connectivity index (χ3n) is 2.62. The first-order chi connectivity index (χ1) is 9.33. The van der Waals surface area contributed by atoms with E-state index in [4.69, 9.17) is 0 Å². The Kier molecular flexibility index (Phi) is 3.23. The molecule has 19 heavy (non-hydrogen) atoms. The van der Waals surface area contributed by atoms with Crippen LogP contribution < -0.4 is 10.7 Å². The molecule has 0 saturated carbocycles. The van der Waals surface area contributed by atoms with E-state index < -0.39 is 0 Å². The first-order valence-corrected chi connectivity index (χ1v) is 6.53. The fraction of sp³-hybridized carbons (Fsp3) is 0.0714. The molecule has 0 amide bonds. The topological polar surface area (TPSA) is 50.5 Å². The molecule has 92 valence electrons. The summed E-state index contributed by atoms with van der Waals surface area (Å²) in [6.45, 7) is 3.97. The standard InChI is InChI=1S/C14H10N4S/c1-10-18-13-8-16-9-17-12(13)5-4-11-7-15-6-2-3-14(11)19-10/h3,5-9H,1,4H2/b12-5+,18-13-. The predicted molar refractivity (Wildman–Crippen MR) is 76.8 cm³/mol. The Labute approximate surface area is 114 Å². The zero-order valence-corrected chi connectivity index (χ0v) is 10.9. The first-order valence-electron chi connectivity index (χ1n) is 5.72. The predicted octanol–water partition coefficient (Wildman–Crippen LogP) is 1.49. The number of aromatic nitrogens is 2. The first kappa shape index (κ1) is 11.8. The quantitative estimate of drug-likeness (QED) is 0.669. The molecule has 0 N–H and O–H groups in total. The van der Waals surface area contributed by atoms with Crippen molar-refractivity contribution in [2.75, 3.05) is 0 Å². The molecule has 0 saturated heterocycles. The summed E-state index contributed by atoms with van der Waals surface area (Å²) in [5.74, 6) is 0. The van der Waals surface area contributed by atoms with Gasteiger partial charge in [-0.15, -0.1) is 0 Å². The zero-order valence-electron chi connectivity index (χ0n) is 10.1. The number of nitrogens with zero attached hydrogens (tertiary/aromatic N) is 4. The molecule has 0 bridgehead atoms. The maximum atomic E-state index is 4.46. The minimum absolute atomic E-state index is 0.701. The summed E-state index contributed by atoms with van der Waals surface area (Å²) in [4.78, 5) is 17.9. The Morgan fingerprint density at radius 3 is 3.26 bits per heavy atom. The van der Waals surface area contributed by atoms with Crippen LogP contribution in [0.15, 0.2) is 62.6 Å². The van der Waals surface area contributed by atoms with Crippen molar-refractivity contribution < 1.29 is 0 Å². The van der Waals surface area contributed by atoms with E-state index in [-0.39, 0.29) is 0 Å². The molecule has 2 aliphatic heterocycles. The van der Waals surface area contributed by atoms with Crippen LogP contribution in [0.3, 0.4) is 0 Å². The summed E-state index contributed by atoms with van der Waals surface area (Å²) in [5, 5.41) is 2.27. The van der Waals surface area contributed by atoms with Crippen LogP contribution in [0.4, 0.5) is 0 Å². The second-order valence-corrected chi connectivity index (χ2v) is 5.03. The minimum Gasteiger partial charge on any atom is -0.256 e. The summed E-state index contributed by atoms with van der Waals surface area (Å²) in [7, 11) is 0. The lowest BCUT2D eigenvalue weighted by atomic mass is 10.2. The van der Waals surface area contributed by atoms with Crippen molar-refractivity contribution in [3.63, 3.8) is 0 Å². The molecule has 0 radical (unpaired) electrons. The highest BCUT2D eigenvalue weighted by atomic mass is 32.2. The fourth-order valence-corrected chi connectivity index (χ4v) is 2.55. The second-order valence-electron chi connectivity index (χ2n) is 3.92. The van der Waals surface area contributed by atoms with E-state index in [2.05, 4.69) is 32.3 Å². The van der Waals surface area contributed by atoms with Gasteiger partial charge in [0.05, 0.1) is 22.8 Å². The van der Waals surface area contributed by atoms with E-state index in [0.717, 1.165) is 27.6 Å². The van der Waals surface area contributed by atoms with Gasteiger partial charge in [-0.3, -0.25) is 4.99 Å². The largest absolute Gasteiger partial charge is 0.256 e. The van der Waals surface area contributed by atoms with Gasteiger partial charge in [-0.05, 0) is 18.1 Å². The average molecular weight is 266 g/mol. The Bertz CT molecular complexity index is 780. The SMILES string of the molecule is C=C1/N=c2/cncn/c2=C/CC2=C(C=C=CN=C2)S1. The molecule has 0 aliphatic carbocycles. The van der Waals surface area contributed by atoms with E-state index in [9.17, 15) is 0 Å². The van der Waals surface area contributed by atoms with Gasteiger partial charge in [-0.25, -0.2) is 15.0 Å². The van der Waals surface area contributed by atoms with Crippen LogP contribution in [-0.4, -0.2) is 16.2 Å². The van der Waals surface area contributed by atoms with E-state index >= 15 is 0 Å². The van der Waals surface area contributed by atoms with Gasteiger partial charge < -0.3 is 0 Å². The number of allylic oxidation sites excluding steroid dienone is 2. The highest BCUT2D eigenvalue weighted by Crippen LogP contribution is 2.30. The van der Waals surface area contributed by atoms with Crippen molar-refractivity contribution in [2.24, 2.45) is 9.98 Å². The number of aliphatic imine (C=N–C) groups is 1. The molecule has 0 atom stereocenters. The van der Waals surface area contributed by atoms with Crippen molar-refractivity contribution in [1.29, 1.82) is 0 Å². The molecule has 4 nitrogen and oxygen atoms in total. The third-order valence-corrected chi connectivity index (χ3v) is 3.55. The van der Waals surface area contributed by atoms with Gasteiger partial charge in [0.2, 0.25) is 0 Å². The molecule has 2 aliphatic rings. The number of hydrogen-bond donors (Lipinski definition) is 0. The lowest BCUT2D eigenvalue weighted by Gasteiger charge is -2.03. The Morgan fingerprint density at radius 2 is 2.32 bits per heavy atom. The van der Waals surface area contributed by atoms with E-state index in [1.54, 1.807) is 12.4 Å². The molecule has 3 heterocycles. The van der Waals surface area contributed by atoms with Gasteiger partial charge >= 0.3 is 0 Å². The third kappa shape index (κ3) is 2.62. The molecule has 0 aromatic carbocycles. The van der Waals surface area contributed by atoms with Gasteiger partial charge in [0, 0.05) is 11.1 Å². The molecule has 0 unspecified atom stereocenters. The molecular formula is C14H10N4S. The fourth-order valence-electron chi connectivity index (χ4n) is 1.75. The van der Waals surface area contributed by atoms with Crippen molar-refractivity contribution in [2.45, 2.75) is 6.42 Å². The molecule has 1 aromatic heterocycles. The van der Waals surface area contributed by atoms with Crippen molar-refractivity contribution >= 4 is 24.1 Å². The molecular weight excluding hydrogens is 256 g/mol. The normalized spacial score (nSPS) is 20.9. The summed E-state index contributed by atoms with van der Waals surface area (Å²) >= 11 is 1.51. The molecule has 5 heteroatoms. The van der Waals surface area contributed by atoms with Crippen molar-refractivity contribution in [3.05, 3.63) is 63.3 Å². The van der Waals surface area contributed by atoms with Crippen LogP contribution >= 0.6 is 11.8 Å². The minimum atomic E-state index is 0.701. The maximum Gasteiger partial charge on any atom is 0.116 e. The lowest BCUT2D eigenvalue weighted by Crippen LogP contribution is -2.28. The Hall–Kier alpha value is -2.23. The molecule has 0 fully saturated rings. The van der Waals surface area contributed by atoms with Gasteiger partial charge in [-0.2, -0.15) is 0 Å². The van der Waals surface area contributed by atoms with Crippen LogP contribution in [0.25, 0.3) is 6.08 Å². The van der Waals surface area contributed by atoms with E-state index in [1.165, 1.54) is 18.1 Å². The van der Waals surface area contributed by atoms with E-state index in [0.29, 0.717) is 5.03 Å². The maximum absolute atomic E-state index is 4.46. The number of fused-ring (bicyclic) bond motifs is 1. The van der Waals surface area contributed by atoms with Crippen molar-refractivity contribution in [1.82, 2.24) is 9.97 Å². The van der Waals surface area contributed by atoms with Crippen LogP contribution in [0, 0.1) is 0 Å². The van der Waals surface area contributed by atoms with Crippen LogP contribution in [0.1, 0.15) is 6.42 Å². The summed E-state index contributed by atoms with van der Waals surface area (Å²) in [5.41, 5.74) is 4.11. The van der Waals surface area contributed by atoms with Crippen LogP contribution in [-0.2, 0) is 0 Å². The zero-order chi connectivity index (χ0) is 13.1. The smallest absolute Gasteiger partial charge is 0.116 e. The number of hydrogen-bond acceptors (Lipinski definition) is 5. The number of thioether (sulfide) groups is 1. The molecule has 1 aromatic rings. The summed E-state index contributed by atoms with van der Waals surface area (Å²) in [6.07, 6.45) is 11.4. The lowest BCUT2D eigenvalue weighted by molar-refractivity contribution is 1.05. The monoisotopic (exact) mass is 266 g/mol. The van der Waals surface area contributed by atoms with E-state index in [1.807, 2.05) is 18.4 Å². The van der Waals surface area contributed by atoms with Crippen LogP contribution in [0.5, 0.6) is 0 Å². The van der Waals surface area contributed by atoms with Gasteiger partial charge in [0.15, 0.2) is 0 Å². The van der Waals surface area contributed by atoms with Gasteiger partial charge in [0.1, 0.15) is 11.7 Å². The van der Waals surface area contributed by atoms with Crippen molar-refractivity contribution in [3.8, 4) is 0 Å². The highest BCUT2D eigenvalue weighted by Gasteiger charge is 2.08.